The minimum atomic E-state index is 0.0174. The average Bonchev–Trinajstić information content (AvgIpc) is 2.59. The summed E-state index contributed by atoms with van der Waals surface area (Å²) < 4.78 is 16.5. The Labute approximate surface area is 149 Å². The van der Waals surface area contributed by atoms with Crippen molar-refractivity contribution in [2.75, 3.05) is 26.9 Å². The van der Waals surface area contributed by atoms with Crippen molar-refractivity contribution in [3.8, 4) is 0 Å². The van der Waals surface area contributed by atoms with E-state index < -0.39 is 0 Å². The zero-order valence-corrected chi connectivity index (χ0v) is 16.3. The second kappa shape index (κ2) is 13.6. The molecule has 0 saturated carbocycles. The van der Waals surface area contributed by atoms with Gasteiger partial charge < -0.3 is 14.2 Å². The van der Waals surface area contributed by atoms with Crippen LogP contribution in [0.25, 0.3) is 0 Å². The van der Waals surface area contributed by atoms with Crippen LogP contribution in [-0.4, -0.2) is 33.2 Å². The van der Waals surface area contributed by atoms with E-state index in [1.807, 2.05) is 0 Å². The van der Waals surface area contributed by atoms with Gasteiger partial charge in [0.15, 0.2) is 6.29 Å². The van der Waals surface area contributed by atoms with Gasteiger partial charge in [-0.3, -0.25) is 0 Å². The molecule has 2 atom stereocenters. The van der Waals surface area contributed by atoms with Crippen LogP contribution in [0, 0.1) is 5.92 Å². The Hall–Kier alpha value is -0.640. The number of rotatable bonds is 12. The summed E-state index contributed by atoms with van der Waals surface area (Å²) in [4.78, 5) is 0. The molecule has 3 nitrogen and oxygen atoms in total. The highest BCUT2D eigenvalue weighted by Crippen LogP contribution is 2.16. The second-order valence-corrected chi connectivity index (χ2v) is 7.21. The highest BCUT2D eigenvalue weighted by Gasteiger charge is 2.13. The first-order chi connectivity index (χ1) is 11.6. The van der Waals surface area contributed by atoms with Gasteiger partial charge in [-0.05, 0) is 71.1 Å². The van der Waals surface area contributed by atoms with Crippen molar-refractivity contribution in [1.82, 2.24) is 0 Å². The van der Waals surface area contributed by atoms with Gasteiger partial charge in [0.1, 0.15) is 0 Å². The molecule has 24 heavy (non-hydrogen) atoms. The van der Waals surface area contributed by atoms with Gasteiger partial charge in [0, 0.05) is 20.3 Å². The molecule has 0 aromatic carbocycles. The lowest BCUT2D eigenvalue weighted by atomic mass is 10.0. The summed E-state index contributed by atoms with van der Waals surface area (Å²) in [6, 6.07) is 0. The normalized spacial score (nSPS) is 21.1. The lowest BCUT2D eigenvalue weighted by Gasteiger charge is -2.22. The van der Waals surface area contributed by atoms with E-state index in [4.69, 9.17) is 14.2 Å². The highest BCUT2D eigenvalue weighted by atomic mass is 16.7. The van der Waals surface area contributed by atoms with E-state index >= 15 is 0 Å². The fourth-order valence-corrected chi connectivity index (χ4v) is 2.85. The molecular weight excluding hydrogens is 300 g/mol. The number of hydrogen-bond donors (Lipinski definition) is 0. The topological polar surface area (TPSA) is 27.7 Å². The van der Waals surface area contributed by atoms with Crippen LogP contribution in [0.4, 0.5) is 0 Å². The molecule has 0 aliphatic carbocycles. The third kappa shape index (κ3) is 11.0. The summed E-state index contributed by atoms with van der Waals surface area (Å²) in [5.41, 5.74) is 2.81. The summed E-state index contributed by atoms with van der Waals surface area (Å²) in [6.45, 7) is 9.13. The van der Waals surface area contributed by atoms with Crippen molar-refractivity contribution < 1.29 is 14.2 Å². The Balaban J connectivity index is 2.11. The van der Waals surface area contributed by atoms with E-state index in [2.05, 4.69) is 32.9 Å². The quantitative estimate of drug-likeness (QED) is 0.430. The van der Waals surface area contributed by atoms with Gasteiger partial charge >= 0.3 is 0 Å². The van der Waals surface area contributed by atoms with E-state index in [0.717, 1.165) is 44.8 Å². The molecule has 2 unspecified atom stereocenters. The molecule has 1 aliphatic heterocycles. The molecule has 0 amide bonds. The zero-order valence-electron chi connectivity index (χ0n) is 16.3. The van der Waals surface area contributed by atoms with Gasteiger partial charge in [0.25, 0.3) is 0 Å². The van der Waals surface area contributed by atoms with E-state index in [9.17, 15) is 0 Å². The first kappa shape index (κ1) is 21.4. The second-order valence-electron chi connectivity index (χ2n) is 7.21. The van der Waals surface area contributed by atoms with Crippen LogP contribution in [0.15, 0.2) is 23.3 Å². The molecule has 0 aromatic rings. The average molecular weight is 339 g/mol. The van der Waals surface area contributed by atoms with Gasteiger partial charge in [-0.2, -0.15) is 0 Å². The number of ether oxygens (including phenoxy) is 3. The van der Waals surface area contributed by atoms with Crippen LogP contribution in [-0.2, 0) is 14.2 Å². The summed E-state index contributed by atoms with van der Waals surface area (Å²) in [5, 5.41) is 0. The molecule has 3 heteroatoms. The van der Waals surface area contributed by atoms with Crippen LogP contribution in [0.1, 0.15) is 72.1 Å². The lowest BCUT2D eigenvalue weighted by Crippen LogP contribution is -2.22. The molecule has 0 aromatic heterocycles. The molecule has 1 rings (SSSR count). The van der Waals surface area contributed by atoms with Crippen molar-refractivity contribution in [3.63, 3.8) is 0 Å². The predicted molar refractivity (Wildman–Crippen MR) is 101 cm³/mol. The molecule has 1 fully saturated rings. The van der Waals surface area contributed by atoms with E-state index in [1.165, 1.54) is 36.8 Å². The van der Waals surface area contributed by atoms with Gasteiger partial charge in [0.05, 0.1) is 6.61 Å². The van der Waals surface area contributed by atoms with Crippen molar-refractivity contribution in [1.29, 1.82) is 0 Å². The van der Waals surface area contributed by atoms with Gasteiger partial charge in [-0.1, -0.05) is 30.2 Å². The van der Waals surface area contributed by atoms with Gasteiger partial charge in [-0.25, -0.2) is 0 Å². The maximum absolute atomic E-state index is 5.81. The third-order valence-electron chi connectivity index (χ3n) is 4.63. The lowest BCUT2D eigenvalue weighted by molar-refractivity contribution is -0.156. The van der Waals surface area contributed by atoms with Crippen LogP contribution in [0.3, 0.4) is 0 Å². The van der Waals surface area contributed by atoms with Gasteiger partial charge in [-0.15, -0.1) is 0 Å². The molecule has 0 spiro atoms. The largest absolute Gasteiger partial charge is 0.385 e. The Morgan fingerprint density at radius 1 is 1.12 bits per heavy atom. The molecule has 1 aliphatic rings. The summed E-state index contributed by atoms with van der Waals surface area (Å²) in [7, 11) is 1.78. The van der Waals surface area contributed by atoms with Crippen molar-refractivity contribution in [2.24, 2.45) is 5.92 Å². The Morgan fingerprint density at radius 2 is 1.92 bits per heavy atom. The highest BCUT2D eigenvalue weighted by molar-refractivity contribution is 5.04. The Bertz CT molecular complexity index is 367. The molecule has 0 bridgehead atoms. The zero-order chi connectivity index (χ0) is 17.6. The first-order valence-electron chi connectivity index (χ1n) is 9.65. The summed E-state index contributed by atoms with van der Waals surface area (Å²) in [6.07, 6.45) is 14.0. The van der Waals surface area contributed by atoms with Crippen molar-refractivity contribution >= 4 is 0 Å². The maximum atomic E-state index is 5.81. The predicted octanol–water partition coefficient (Wildman–Crippen LogP) is 5.66. The van der Waals surface area contributed by atoms with Crippen LogP contribution < -0.4 is 0 Å². The minimum absolute atomic E-state index is 0.0174. The summed E-state index contributed by atoms with van der Waals surface area (Å²) in [5.74, 6) is 0.746. The van der Waals surface area contributed by atoms with Gasteiger partial charge in [0.2, 0.25) is 0 Å². The van der Waals surface area contributed by atoms with E-state index in [0.29, 0.717) is 6.61 Å². The number of allylic oxidation sites excluding steroid dienone is 3. The molecule has 0 radical (unpaired) electrons. The molecule has 0 N–H and O–H groups in total. The van der Waals surface area contributed by atoms with Crippen LogP contribution in [0.5, 0.6) is 0 Å². The third-order valence-corrected chi connectivity index (χ3v) is 4.63. The summed E-state index contributed by atoms with van der Waals surface area (Å²) >= 11 is 0. The SMILES string of the molecule is COCCC(C)CC/C=C(/C)CC/C=C(/C)COC1CCCCO1. The maximum Gasteiger partial charge on any atom is 0.158 e. The fraction of sp³-hybridized carbons (Fsp3) is 0.810. The number of hydrogen-bond acceptors (Lipinski definition) is 3. The molecule has 1 saturated heterocycles. The van der Waals surface area contributed by atoms with E-state index in [1.54, 1.807) is 7.11 Å². The molecular formula is C21H38O3. The first-order valence-corrected chi connectivity index (χ1v) is 9.65. The number of methoxy groups -OCH3 is 1. The monoisotopic (exact) mass is 338 g/mol. The standard InChI is InChI=1S/C21H38O3/c1-18(9-7-11-19(2)14-16-22-4)10-8-12-20(3)17-24-21-13-5-6-15-23-21/h9,12,19,21H,5-8,10-11,13-17H2,1-4H3/b18-9-,20-12-. The van der Waals surface area contributed by atoms with Crippen LogP contribution in [0.2, 0.25) is 0 Å². The molecule has 1 heterocycles. The van der Waals surface area contributed by atoms with Crippen molar-refractivity contribution in [3.05, 3.63) is 23.3 Å². The Morgan fingerprint density at radius 3 is 2.62 bits per heavy atom. The fourth-order valence-electron chi connectivity index (χ4n) is 2.85. The van der Waals surface area contributed by atoms with E-state index in [-0.39, 0.29) is 6.29 Å². The van der Waals surface area contributed by atoms with Crippen LogP contribution >= 0.6 is 0 Å². The minimum Gasteiger partial charge on any atom is -0.385 e. The molecule has 140 valence electrons. The smallest absolute Gasteiger partial charge is 0.158 e. The Kier molecular flexibility index (Phi) is 12.2. The van der Waals surface area contributed by atoms with Crippen molar-refractivity contribution in [2.45, 2.75) is 78.4 Å².